The minimum atomic E-state index is -3.84. The summed E-state index contributed by atoms with van der Waals surface area (Å²) in [5.74, 6) is 0.346. The van der Waals surface area contributed by atoms with Gasteiger partial charge in [0.2, 0.25) is 0 Å². The van der Waals surface area contributed by atoms with Crippen molar-refractivity contribution >= 4 is 27.2 Å². The van der Waals surface area contributed by atoms with E-state index in [1.807, 2.05) is 0 Å². The summed E-state index contributed by atoms with van der Waals surface area (Å²) in [7, 11) is -2.43. The van der Waals surface area contributed by atoms with Crippen LogP contribution >= 0.6 is 0 Å². The van der Waals surface area contributed by atoms with Crippen LogP contribution < -0.4 is 14.8 Å². The highest BCUT2D eigenvalue weighted by molar-refractivity contribution is 7.92. The lowest BCUT2D eigenvalue weighted by Crippen LogP contribution is -2.14. The SMILES string of the molecule is COc1ccc(C)cc1S(=O)(=O)Nc1ccc(Nc2cccc(F)c2)nc1. The Morgan fingerprint density at radius 2 is 1.85 bits per heavy atom. The van der Waals surface area contributed by atoms with Gasteiger partial charge >= 0.3 is 0 Å². The second kappa shape index (κ2) is 7.63. The van der Waals surface area contributed by atoms with Crippen molar-refractivity contribution in [3.8, 4) is 5.75 Å². The maximum Gasteiger partial charge on any atom is 0.265 e. The van der Waals surface area contributed by atoms with E-state index in [2.05, 4.69) is 15.0 Å². The molecule has 0 saturated carbocycles. The van der Waals surface area contributed by atoms with Crippen molar-refractivity contribution in [2.45, 2.75) is 11.8 Å². The molecule has 1 heterocycles. The molecule has 140 valence electrons. The van der Waals surface area contributed by atoms with Crippen LogP contribution in [0.3, 0.4) is 0 Å². The lowest BCUT2D eigenvalue weighted by atomic mass is 10.2. The number of sulfonamides is 1. The zero-order valence-electron chi connectivity index (χ0n) is 14.7. The largest absolute Gasteiger partial charge is 0.495 e. The molecule has 27 heavy (non-hydrogen) atoms. The minimum absolute atomic E-state index is 0.0481. The molecule has 0 aliphatic rings. The number of anilines is 3. The average Bonchev–Trinajstić information content (AvgIpc) is 2.63. The first-order chi connectivity index (χ1) is 12.9. The smallest absolute Gasteiger partial charge is 0.265 e. The van der Waals surface area contributed by atoms with Crippen molar-refractivity contribution in [2.24, 2.45) is 0 Å². The fraction of sp³-hybridized carbons (Fsp3) is 0.105. The van der Waals surface area contributed by atoms with Crippen molar-refractivity contribution in [1.82, 2.24) is 4.98 Å². The number of nitrogens with zero attached hydrogens (tertiary/aromatic N) is 1. The molecule has 8 heteroatoms. The predicted octanol–water partition coefficient (Wildman–Crippen LogP) is 4.08. The van der Waals surface area contributed by atoms with E-state index in [9.17, 15) is 12.8 Å². The Kier molecular flexibility index (Phi) is 5.27. The maximum atomic E-state index is 13.2. The van der Waals surface area contributed by atoms with E-state index in [1.54, 1.807) is 43.3 Å². The Morgan fingerprint density at radius 3 is 2.52 bits per heavy atom. The van der Waals surface area contributed by atoms with Crippen LogP contribution in [0.4, 0.5) is 21.6 Å². The number of nitrogens with one attached hydrogen (secondary N) is 2. The average molecular weight is 387 g/mol. The predicted molar refractivity (Wildman–Crippen MR) is 102 cm³/mol. The lowest BCUT2D eigenvalue weighted by Gasteiger charge is -2.12. The van der Waals surface area contributed by atoms with Gasteiger partial charge in [0.25, 0.3) is 10.0 Å². The molecular formula is C19H18FN3O3S. The number of halogens is 1. The molecule has 0 radical (unpaired) electrons. The summed E-state index contributed by atoms with van der Waals surface area (Å²) < 4.78 is 46.2. The van der Waals surface area contributed by atoms with Crippen molar-refractivity contribution in [3.05, 3.63) is 72.2 Å². The molecule has 0 aliphatic carbocycles. The third-order valence-corrected chi connectivity index (χ3v) is 5.12. The van der Waals surface area contributed by atoms with E-state index < -0.39 is 10.0 Å². The summed E-state index contributed by atoms with van der Waals surface area (Å²) >= 11 is 0. The molecule has 0 amide bonds. The third kappa shape index (κ3) is 4.53. The number of methoxy groups -OCH3 is 1. The number of benzene rings is 2. The molecule has 0 saturated heterocycles. The number of ether oxygens (including phenoxy) is 1. The fourth-order valence-electron chi connectivity index (χ4n) is 2.45. The van der Waals surface area contributed by atoms with Crippen molar-refractivity contribution in [3.63, 3.8) is 0 Å². The quantitative estimate of drug-likeness (QED) is 0.666. The Bertz CT molecular complexity index is 1050. The molecule has 3 aromatic rings. The maximum absolute atomic E-state index is 13.2. The zero-order valence-corrected chi connectivity index (χ0v) is 15.5. The van der Waals surface area contributed by atoms with Crippen LogP contribution in [0.2, 0.25) is 0 Å². The van der Waals surface area contributed by atoms with E-state index in [0.717, 1.165) is 5.56 Å². The number of pyridine rings is 1. The summed E-state index contributed by atoms with van der Waals surface area (Å²) in [6.07, 6.45) is 1.38. The van der Waals surface area contributed by atoms with Crippen molar-refractivity contribution in [2.75, 3.05) is 17.1 Å². The van der Waals surface area contributed by atoms with Crippen LogP contribution in [0.25, 0.3) is 0 Å². The first-order valence-corrected chi connectivity index (χ1v) is 9.52. The summed E-state index contributed by atoms with van der Waals surface area (Å²) in [4.78, 5) is 4.20. The van der Waals surface area contributed by atoms with Gasteiger partial charge in [0.15, 0.2) is 0 Å². The summed E-state index contributed by atoms with van der Waals surface area (Å²) in [6.45, 7) is 1.80. The lowest BCUT2D eigenvalue weighted by molar-refractivity contribution is 0.402. The third-order valence-electron chi connectivity index (χ3n) is 3.72. The highest BCUT2D eigenvalue weighted by Crippen LogP contribution is 2.27. The van der Waals surface area contributed by atoms with Crippen LogP contribution in [0, 0.1) is 12.7 Å². The Labute approximate surface area is 157 Å². The van der Waals surface area contributed by atoms with Crippen LogP contribution in [0.5, 0.6) is 5.75 Å². The number of aryl methyl sites for hydroxylation is 1. The number of hydrogen-bond donors (Lipinski definition) is 2. The summed E-state index contributed by atoms with van der Waals surface area (Å²) in [5, 5.41) is 2.94. The van der Waals surface area contributed by atoms with Crippen LogP contribution in [0.1, 0.15) is 5.56 Å². The van der Waals surface area contributed by atoms with Gasteiger partial charge in [-0.05, 0) is 55.0 Å². The molecule has 0 spiro atoms. The van der Waals surface area contributed by atoms with E-state index in [-0.39, 0.29) is 16.5 Å². The highest BCUT2D eigenvalue weighted by atomic mass is 32.2. The van der Waals surface area contributed by atoms with Crippen LogP contribution in [-0.2, 0) is 10.0 Å². The monoisotopic (exact) mass is 387 g/mol. The molecule has 0 fully saturated rings. The molecule has 0 bridgehead atoms. The van der Waals surface area contributed by atoms with Crippen molar-refractivity contribution in [1.29, 1.82) is 0 Å². The number of rotatable bonds is 6. The molecule has 0 aliphatic heterocycles. The molecule has 0 unspecified atom stereocenters. The Balaban J connectivity index is 1.79. The molecule has 2 aromatic carbocycles. The van der Waals surface area contributed by atoms with Gasteiger partial charge in [-0.3, -0.25) is 4.72 Å². The molecule has 3 rings (SSSR count). The summed E-state index contributed by atoms with van der Waals surface area (Å²) in [5.41, 5.74) is 1.63. The van der Waals surface area contributed by atoms with E-state index in [4.69, 9.17) is 4.74 Å². The van der Waals surface area contributed by atoms with Gasteiger partial charge in [-0.25, -0.2) is 17.8 Å². The summed E-state index contributed by atoms with van der Waals surface area (Å²) in [6, 6.07) is 14.0. The molecule has 6 nitrogen and oxygen atoms in total. The molecular weight excluding hydrogens is 369 g/mol. The molecule has 1 aromatic heterocycles. The molecule has 2 N–H and O–H groups in total. The Hall–Kier alpha value is -3.13. The zero-order chi connectivity index (χ0) is 19.4. The normalized spacial score (nSPS) is 11.1. The van der Waals surface area contributed by atoms with Gasteiger partial charge in [-0.15, -0.1) is 0 Å². The van der Waals surface area contributed by atoms with E-state index >= 15 is 0 Å². The Morgan fingerprint density at radius 1 is 1.04 bits per heavy atom. The van der Waals surface area contributed by atoms with Gasteiger partial charge in [0.05, 0.1) is 19.0 Å². The second-order valence-corrected chi connectivity index (χ2v) is 7.48. The second-order valence-electron chi connectivity index (χ2n) is 5.83. The van der Waals surface area contributed by atoms with Crippen LogP contribution in [0.15, 0.2) is 65.7 Å². The van der Waals surface area contributed by atoms with Crippen molar-refractivity contribution < 1.29 is 17.5 Å². The van der Waals surface area contributed by atoms with E-state index in [1.165, 1.54) is 31.5 Å². The highest BCUT2D eigenvalue weighted by Gasteiger charge is 2.20. The van der Waals surface area contributed by atoms with Crippen LogP contribution in [-0.4, -0.2) is 20.5 Å². The fourth-order valence-corrected chi connectivity index (χ4v) is 3.74. The van der Waals surface area contributed by atoms with E-state index in [0.29, 0.717) is 17.2 Å². The standard InChI is InChI=1S/C19H18FN3O3S/c1-13-6-8-17(26-2)18(10-13)27(24,25)23-16-7-9-19(21-12-16)22-15-5-3-4-14(20)11-15/h3-12,23H,1-2H3,(H,21,22). The van der Waals surface area contributed by atoms with Gasteiger partial charge in [-0.2, -0.15) is 0 Å². The van der Waals surface area contributed by atoms with Gasteiger partial charge in [-0.1, -0.05) is 12.1 Å². The van der Waals surface area contributed by atoms with Gasteiger partial charge in [0, 0.05) is 5.69 Å². The first kappa shape index (κ1) is 18.7. The topological polar surface area (TPSA) is 80.3 Å². The molecule has 0 atom stereocenters. The minimum Gasteiger partial charge on any atom is -0.495 e. The van der Waals surface area contributed by atoms with Gasteiger partial charge in [0.1, 0.15) is 22.3 Å². The number of aromatic nitrogens is 1. The first-order valence-electron chi connectivity index (χ1n) is 8.03. The number of hydrogen-bond acceptors (Lipinski definition) is 5. The van der Waals surface area contributed by atoms with Gasteiger partial charge < -0.3 is 10.1 Å².